The number of esters is 1. The third-order valence-electron chi connectivity index (χ3n) is 3.89. The molecule has 0 saturated carbocycles. The lowest BCUT2D eigenvalue weighted by molar-refractivity contribution is 0.0601. The lowest BCUT2D eigenvalue weighted by atomic mass is 10.0. The van der Waals surface area contributed by atoms with Crippen LogP contribution in [0.5, 0.6) is 0 Å². The Morgan fingerprint density at radius 1 is 0.960 bits per heavy atom. The summed E-state index contributed by atoms with van der Waals surface area (Å²) in [4.78, 5) is 11.6. The van der Waals surface area contributed by atoms with Crippen molar-refractivity contribution in [3.8, 4) is 11.1 Å². The number of halogens is 1. The van der Waals surface area contributed by atoms with E-state index in [-0.39, 0.29) is 11.8 Å². The highest BCUT2D eigenvalue weighted by molar-refractivity contribution is 5.90. The Morgan fingerprint density at radius 3 is 2.44 bits per heavy atom. The molecule has 0 aliphatic carbocycles. The Bertz CT molecular complexity index is 875. The summed E-state index contributed by atoms with van der Waals surface area (Å²) in [6.07, 6.45) is 0. The Morgan fingerprint density at radius 2 is 1.72 bits per heavy atom. The summed E-state index contributed by atoms with van der Waals surface area (Å²) in [7, 11) is 1.37. The lowest BCUT2D eigenvalue weighted by Crippen LogP contribution is -2.01. The van der Waals surface area contributed by atoms with Crippen molar-refractivity contribution >= 4 is 11.7 Å². The Hall–Kier alpha value is -3.14. The molecule has 3 aromatic rings. The fourth-order valence-corrected chi connectivity index (χ4v) is 2.56. The number of carbonyl (C=O) groups excluding carboxylic acids is 1. The van der Waals surface area contributed by atoms with Gasteiger partial charge in [0.15, 0.2) is 0 Å². The standard InChI is InChI=1S/C21H18FNO2/c1-25-21(24)18-5-2-4-17(12-18)16-10-8-15(9-11-16)14-23-20-7-3-6-19(22)13-20/h2-13,23H,14H2,1H3. The second-order valence-corrected chi connectivity index (χ2v) is 5.63. The van der Waals surface area contributed by atoms with Crippen LogP contribution in [0, 0.1) is 5.82 Å². The minimum Gasteiger partial charge on any atom is -0.465 e. The zero-order chi connectivity index (χ0) is 17.6. The fourth-order valence-electron chi connectivity index (χ4n) is 2.56. The van der Waals surface area contributed by atoms with Gasteiger partial charge < -0.3 is 10.1 Å². The minimum absolute atomic E-state index is 0.258. The first kappa shape index (κ1) is 16.7. The summed E-state index contributed by atoms with van der Waals surface area (Å²) in [5.41, 5.74) is 4.32. The number of anilines is 1. The average Bonchev–Trinajstić information content (AvgIpc) is 2.66. The molecule has 3 rings (SSSR count). The minimum atomic E-state index is -0.349. The highest BCUT2D eigenvalue weighted by atomic mass is 19.1. The molecule has 0 bridgehead atoms. The van der Waals surface area contributed by atoms with Crippen LogP contribution in [-0.2, 0) is 11.3 Å². The van der Waals surface area contributed by atoms with E-state index in [2.05, 4.69) is 5.32 Å². The highest BCUT2D eigenvalue weighted by Crippen LogP contribution is 2.22. The molecule has 0 heterocycles. The molecule has 0 aromatic heterocycles. The average molecular weight is 335 g/mol. The van der Waals surface area contributed by atoms with Crippen molar-refractivity contribution in [1.82, 2.24) is 0 Å². The van der Waals surface area contributed by atoms with Gasteiger partial charge in [-0.25, -0.2) is 9.18 Å². The first-order valence-corrected chi connectivity index (χ1v) is 7.93. The van der Waals surface area contributed by atoms with E-state index >= 15 is 0 Å². The second kappa shape index (κ2) is 7.62. The molecule has 0 atom stereocenters. The molecule has 25 heavy (non-hydrogen) atoms. The third-order valence-corrected chi connectivity index (χ3v) is 3.89. The number of benzene rings is 3. The van der Waals surface area contributed by atoms with Crippen LogP contribution in [0.2, 0.25) is 0 Å². The van der Waals surface area contributed by atoms with Gasteiger partial charge in [-0.05, 0) is 47.0 Å². The number of carbonyl (C=O) groups is 1. The zero-order valence-corrected chi connectivity index (χ0v) is 13.8. The molecule has 0 amide bonds. The van der Waals surface area contributed by atoms with Gasteiger partial charge in [0.1, 0.15) is 5.82 Å². The van der Waals surface area contributed by atoms with Crippen molar-refractivity contribution in [2.24, 2.45) is 0 Å². The molecule has 4 heteroatoms. The van der Waals surface area contributed by atoms with E-state index in [4.69, 9.17) is 4.74 Å². The van der Waals surface area contributed by atoms with Gasteiger partial charge in [-0.1, -0.05) is 42.5 Å². The number of ether oxygens (including phenoxy) is 1. The number of rotatable bonds is 5. The maximum Gasteiger partial charge on any atom is 0.337 e. The normalized spacial score (nSPS) is 10.3. The van der Waals surface area contributed by atoms with Crippen molar-refractivity contribution in [1.29, 1.82) is 0 Å². The summed E-state index contributed by atoms with van der Waals surface area (Å²) in [6.45, 7) is 0.603. The van der Waals surface area contributed by atoms with Crippen molar-refractivity contribution < 1.29 is 13.9 Å². The summed E-state index contributed by atoms with van der Waals surface area (Å²) in [5, 5.41) is 3.19. The van der Waals surface area contributed by atoms with Gasteiger partial charge in [-0.3, -0.25) is 0 Å². The summed E-state index contributed by atoms with van der Waals surface area (Å²) in [6, 6.07) is 21.7. The van der Waals surface area contributed by atoms with Crippen LogP contribution in [0.3, 0.4) is 0 Å². The fraction of sp³-hybridized carbons (Fsp3) is 0.0952. The van der Waals surface area contributed by atoms with E-state index in [0.717, 1.165) is 22.4 Å². The molecule has 126 valence electrons. The highest BCUT2D eigenvalue weighted by Gasteiger charge is 2.06. The number of hydrogen-bond donors (Lipinski definition) is 1. The molecule has 1 N–H and O–H groups in total. The molecule has 0 aliphatic rings. The van der Waals surface area contributed by atoms with Gasteiger partial charge in [0, 0.05) is 12.2 Å². The summed E-state index contributed by atoms with van der Waals surface area (Å²) >= 11 is 0. The maximum atomic E-state index is 13.2. The number of nitrogens with one attached hydrogen (secondary N) is 1. The monoisotopic (exact) mass is 335 g/mol. The van der Waals surface area contributed by atoms with E-state index in [0.29, 0.717) is 12.1 Å². The Labute approximate surface area is 146 Å². The molecule has 0 saturated heterocycles. The molecule has 0 radical (unpaired) electrons. The molecule has 0 aliphatic heterocycles. The van der Waals surface area contributed by atoms with E-state index < -0.39 is 0 Å². The molecule has 0 unspecified atom stereocenters. The number of hydrogen-bond acceptors (Lipinski definition) is 3. The van der Waals surface area contributed by atoms with Crippen LogP contribution in [0.25, 0.3) is 11.1 Å². The molecule has 3 nitrogen and oxygen atoms in total. The predicted molar refractivity (Wildman–Crippen MR) is 96.9 cm³/mol. The van der Waals surface area contributed by atoms with Crippen molar-refractivity contribution in [2.75, 3.05) is 12.4 Å². The Balaban J connectivity index is 1.71. The quantitative estimate of drug-likeness (QED) is 0.675. The maximum absolute atomic E-state index is 13.2. The van der Waals surface area contributed by atoms with Gasteiger partial charge in [-0.2, -0.15) is 0 Å². The first-order valence-electron chi connectivity index (χ1n) is 7.93. The molecular weight excluding hydrogens is 317 g/mol. The van der Waals surface area contributed by atoms with Crippen molar-refractivity contribution in [2.45, 2.75) is 6.54 Å². The van der Waals surface area contributed by atoms with Gasteiger partial charge >= 0.3 is 5.97 Å². The van der Waals surface area contributed by atoms with Crippen LogP contribution >= 0.6 is 0 Å². The molecular formula is C21H18FNO2. The van der Waals surface area contributed by atoms with Crippen LogP contribution in [0.4, 0.5) is 10.1 Å². The Kier molecular flexibility index (Phi) is 5.09. The smallest absolute Gasteiger partial charge is 0.337 e. The van der Waals surface area contributed by atoms with Crippen LogP contribution in [0.1, 0.15) is 15.9 Å². The summed E-state index contributed by atoms with van der Waals surface area (Å²) in [5.74, 6) is -0.608. The van der Waals surface area contributed by atoms with Gasteiger partial charge in [-0.15, -0.1) is 0 Å². The molecule has 3 aromatic carbocycles. The largest absolute Gasteiger partial charge is 0.465 e. The van der Waals surface area contributed by atoms with Gasteiger partial charge in [0.25, 0.3) is 0 Å². The van der Waals surface area contributed by atoms with E-state index in [9.17, 15) is 9.18 Å². The zero-order valence-electron chi connectivity index (χ0n) is 13.8. The van der Waals surface area contributed by atoms with Crippen molar-refractivity contribution in [3.63, 3.8) is 0 Å². The molecule has 0 spiro atoms. The lowest BCUT2D eigenvalue weighted by Gasteiger charge is -2.08. The van der Waals surface area contributed by atoms with Crippen LogP contribution in [-0.4, -0.2) is 13.1 Å². The predicted octanol–water partition coefficient (Wildman–Crippen LogP) is 4.89. The van der Waals surface area contributed by atoms with Crippen LogP contribution < -0.4 is 5.32 Å². The summed E-state index contributed by atoms with van der Waals surface area (Å²) < 4.78 is 17.9. The van der Waals surface area contributed by atoms with Crippen molar-refractivity contribution in [3.05, 3.63) is 89.7 Å². The van der Waals surface area contributed by atoms with E-state index in [1.54, 1.807) is 12.1 Å². The van der Waals surface area contributed by atoms with Gasteiger partial charge in [0.2, 0.25) is 0 Å². The second-order valence-electron chi connectivity index (χ2n) is 5.63. The van der Waals surface area contributed by atoms with E-state index in [1.807, 2.05) is 48.5 Å². The first-order chi connectivity index (χ1) is 12.2. The third kappa shape index (κ3) is 4.23. The van der Waals surface area contributed by atoms with E-state index in [1.165, 1.54) is 19.2 Å². The number of methoxy groups -OCH3 is 1. The topological polar surface area (TPSA) is 38.3 Å². The van der Waals surface area contributed by atoms with Gasteiger partial charge in [0.05, 0.1) is 12.7 Å². The van der Waals surface area contributed by atoms with Crippen LogP contribution in [0.15, 0.2) is 72.8 Å². The molecule has 0 fully saturated rings. The SMILES string of the molecule is COC(=O)c1cccc(-c2ccc(CNc3cccc(F)c3)cc2)c1.